The summed E-state index contributed by atoms with van der Waals surface area (Å²) in [5.41, 5.74) is 1.30. The maximum absolute atomic E-state index is 5.33. The molecule has 3 nitrogen and oxygen atoms in total. The highest BCUT2D eigenvalue weighted by Gasteiger charge is 2.09. The second kappa shape index (κ2) is 16.9. The maximum Gasteiger partial charge on any atom is 0.116 e. The Balaban J connectivity index is 0.000000324. The van der Waals surface area contributed by atoms with E-state index in [1.54, 1.807) is 0 Å². The zero-order valence-corrected chi connectivity index (χ0v) is 17.2. The SMILES string of the molecule is CCCON=C1CCCCCCCCCCC1.CNC1CCCCC1. The fourth-order valence-electron chi connectivity index (χ4n) is 3.73. The largest absolute Gasteiger partial charge is 0.396 e. The van der Waals surface area contributed by atoms with Crippen LogP contribution in [-0.2, 0) is 4.84 Å². The molecule has 0 saturated heterocycles. The minimum Gasteiger partial charge on any atom is -0.396 e. The highest BCUT2D eigenvalue weighted by atomic mass is 16.6. The minimum absolute atomic E-state index is 0.767. The summed E-state index contributed by atoms with van der Waals surface area (Å²) in [5.74, 6) is 0. The van der Waals surface area contributed by atoms with E-state index in [0.717, 1.165) is 31.9 Å². The molecule has 0 aromatic heterocycles. The first-order chi connectivity index (χ1) is 12.4. The fraction of sp³-hybridized carbons (Fsp3) is 0.955. The van der Waals surface area contributed by atoms with Crippen molar-refractivity contribution in [2.24, 2.45) is 5.16 Å². The van der Waals surface area contributed by atoms with Gasteiger partial charge in [-0.05, 0) is 52.0 Å². The van der Waals surface area contributed by atoms with Crippen molar-refractivity contribution < 1.29 is 4.84 Å². The van der Waals surface area contributed by atoms with Crippen LogP contribution in [0.1, 0.15) is 116 Å². The van der Waals surface area contributed by atoms with Crippen molar-refractivity contribution in [3.8, 4) is 0 Å². The first kappa shape index (κ1) is 22.5. The van der Waals surface area contributed by atoms with Crippen molar-refractivity contribution >= 4 is 5.71 Å². The van der Waals surface area contributed by atoms with Crippen LogP contribution < -0.4 is 5.32 Å². The Labute approximate surface area is 157 Å². The molecule has 0 aliphatic heterocycles. The number of nitrogens with one attached hydrogen (secondary N) is 1. The van der Waals surface area contributed by atoms with Gasteiger partial charge in [-0.3, -0.25) is 0 Å². The van der Waals surface area contributed by atoms with Gasteiger partial charge in [-0.2, -0.15) is 0 Å². The minimum atomic E-state index is 0.767. The summed E-state index contributed by atoms with van der Waals surface area (Å²) in [5, 5.41) is 7.62. The highest BCUT2D eigenvalue weighted by molar-refractivity contribution is 5.83. The number of hydrogen-bond donors (Lipinski definition) is 1. The van der Waals surface area contributed by atoms with Gasteiger partial charge in [0.25, 0.3) is 0 Å². The monoisotopic (exact) mass is 352 g/mol. The van der Waals surface area contributed by atoms with Gasteiger partial charge in [0, 0.05) is 6.04 Å². The third kappa shape index (κ3) is 13.3. The first-order valence-electron chi connectivity index (χ1n) is 11.2. The van der Waals surface area contributed by atoms with Gasteiger partial charge in [0.05, 0.1) is 5.71 Å². The van der Waals surface area contributed by atoms with Gasteiger partial charge in [0.1, 0.15) is 6.61 Å². The van der Waals surface area contributed by atoms with Crippen LogP contribution in [0.25, 0.3) is 0 Å². The van der Waals surface area contributed by atoms with Crippen molar-refractivity contribution in [2.75, 3.05) is 13.7 Å². The Morgan fingerprint density at radius 2 is 1.28 bits per heavy atom. The van der Waals surface area contributed by atoms with E-state index < -0.39 is 0 Å². The summed E-state index contributed by atoms with van der Waals surface area (Å²) < 4.78 is 0. The van der Waals surface area contributed by atoms with Gasteiger partial charge in [0.2, 0.25) is 0 Å². The van der Waals surface area contributed by atoms with Crippen LogP contribution in [0, 0.1) is 0 Å². The lowest BCUT2D eigenvalue weighted by Gasteiger charge is -2.20. The summed E-state index contributed by atoms with van der Waals surface area (Å²) >= 11 is 0. The zero-order valence-electron chi connectivity index (χ0n) is 17.2. The average molecular weight is 353 g/mol. The second-order valence-electron chi connectivity index (χ2n) is 7.80. The van der Waals surface area contributed by atoms with Crippen LogP contribution in [0.3, 0.4) is 0 Å². The molecule has 0 unspecified atom stereocenters. The molecule has 2 aliphatic rings. The van der Waals surface area contributed by atoms with Gasteiger partial charge in [-0.25, -0.2) is 0 Å². The van der Waals surface area contributed by atoms with Crippen LogP contribution in [0.2, 0.25) is 0 Å². The molecule has 25 heavy (non-hydrogen) atoms. The lowest BCUT2D eigenvalue weighted by Crippen LogP contribution is -2.26. The van der Waals surface area contributed by atoms with E-state index in [-0.39, 0.29) is 0 Å². The lowest BCUT2D eigenvalue weighted by atomic mass is 9.96. The van der Waals surface area contributed by atoms with E-state index in [4.69, 9.17) is 4.84 Å². The van der Waals surface area contributed by atoms with Crippen LogP contribution in [0.4, 0.5) is 0 Å². The molecule has 0 bridgehead atoms. The Morgan fingerprint density at radius 3 is 1.72 bits per heavy atom. The topological polar surface area (TPSA) is 33.6 Å². The molecule has 0 amide bonds. The van der Waals surface area contributed by atoms with Gasteiger partial charge in [-0.1, -0.05) is 76.3 Å². The molecule has 0 aromatic carbocycles. The highest BCUT2D eigenvalue weighted by Crippen LogP contribution is 2.17. The molecular weight excluding hydrogens is 308 g/mol. The summed E-state index contributed by atoms with van der Waals surface area (Å²) in [7, 11) is 2.07. The maximum atomic E-state index is 5.33. The van der Waals surface area contributed by atoms with E-state index in [1.807, 2.05) is 0 Å². The molecule has 0 atom stereocenters. The molecule has 1 N–H and O–H groups in total. The van der Waals surface area contributed by atoms with E-state index >= 15 is 0 Å². The number of oxime groups is 1. The summed E-state index contributed by atoms with van der Waals surface area (Å²) in [6.07, 6.45) is 22.9. The van der Waals surface area contributed by atoms with Gasteiger partial charge >= 0.3 is 0 Å². The van der Waals surface area contributed by atoms with Crippen molar-refractivity contribution in [1.82, 2.24) is 5.32 Å². The van der Waals surface area contributed by atoms with Gasteiger partial charge in [-0.15, -0.1) is 0 Å². The molecule has 2 rings (SSSR count). The zero-order chi connectivity index (χ0) is 18.0. The molecule has 148 valence electrons. The predicted molar refractivity (Wildman–Crippen MR) is 110 cm³/mol. The lowest BCUT2D eigenvalue weighted by molar-refractivity contribution is 0.143. The third-order valence-corrected chi connectivity index (χ3v) is 5.43. The van der Waals surface area contributed by atoms with Crippen molar-refractivity contribution in [1.29, 1.82) is 0 Å². The molecule has 2 saturated carbocycles. The van der Waals surface area contributed by atoms with E-state index in [0.29, 0.717) is 0 Å². The normalized spacial score (nSPS) is 21.3. The van der Waals surface area contributed by atoms with Crippen molar-refractivity contribution in [2.45, 2.75) is 122 Å². The van der Waals surface area contributed by atoms with Crippen molar-refractivity contribution in [3.05, 3.63) is 0 Å². The van der Waals surface area contributed by atoms with Crippen molar-refractivity contribution in [3.63, 3.8) is 0 Å². The van der Waals surface area contributed by atoms with E-state index in [2.05, 4.69) is 24.4 Å². The van der Waals surface area contributed by atoms with Crippen LogP contribution in [0.15, 0.2) is 5.16 Å². The first-order valence-corrected chi connectivity index (χ1v) is 11.2. The molecular formula is C22H44N2O. The molecule has 0 heterocycles. The average Bonchev–Trinajstić information content (AvgIpc) is 2.65. The Hall–Kier alpha value is -0.570. The van der Waals surface area contributed by atoms with E-state index in [1.165, 1.54) is 95.6 Å². The second-order valence-corrected chi connectivity index (χ2v) is 7.80. The summed E-state index contributed by atoms with van der Waals surface area (Å²) in [6.45, 7) is 2.89. The predicted octanol–water partition coefficient (Wildman–Crippen LogP) is 6.61. The Morgan fingerprint density at radius 1 is 0.800 bits per heavy atom. The van der Waals surface area contributed by atoms with Gasteiger partial charge in [0.15, 0.2) is 0 Å². The smallest absolute Gasteiger partial charge is 0.116 e. The fourth-order valence-corrected chi connectivity index (χ4v) is 3.73. The summed E-state index contributed by atoms with van der Waals surface area (Å²) in [4.78, 5) is 5.33. The molecule has 0 aromatic rings. The standard InChI is InChI=1S/C15H29NO.C7H15N/c1-2-14-17-16-15-12-10-8-6-4-3-5-7-9-11-13-15;1-8-7-5-3-2-4-6-7/h2-14H2,1H3;7-8H,2-6H2,1H3. The molecule has 2 aliphatic carbocycles. The van der Waals surface area contributed by atoms with Crippen LogP contribution in [0.5, 0.6) is 0 Å². The molecule has 0 spiro atoms. The third-order valence-electron chi connectivity index (χ3n) is 5.43. The van der Waals surface area contributed by atoms with E-state index in [9.17, 15) is 0 Å². The number of hydrogen-bond acceptors (Lipinski definition) is 3. The van der Waals surface area contributed by atoms with Gasteiger partial charge < -0.3 is 10.2 Å². The number of nitrogens with zero attached hydrogens (tertiary/aromatic N) is 1. The molecule has 3 heteroatoms. The van der Waals surface area contributed by atoms with Crippen LogP contribution >= 0.6 is 0 Å². The number of rotatable bonds is 4. The molecule has 0 radical (unpaired) electrons. The summed E-state index contributed by atoms with van der Waals surface area (Å²) in [6, 6.07) is 0.837. The molecule has 2 fully saturated rings. The Bertz CT molecular complexity index is 297. The van der Waals surface area contributed by atoms with Crippen LogP contribution in [-0.4, -0.2) is 25.4 Å². The quantitative estimate of drug-likeness (QED) is 0.456. The Kier molecular flexibility index (Phi) is 15.2.